The number of fused-ring (bicyclic) bond motifs is 3. The van der Waals surface area contributed by atoms with E-state index >= 15 is 0 Å². The zero-order chi connectivity index (χ0) is 45.3. The number of rotatable bonds is 13. The van der Waals surface area contributed by atoms with Crippen LogP contribution < -0.4 is 0 Å². The summed E-state index contributed by atoms with van der Waals surface area (Å²) in [6, 6.07) is 45.1. The van der Waals surface area contributed by atoms with Gasteiger partial charge in [-0.3, -0.25) is 0 Å². The molecule has 6 aromatic rings. The first kappa shape index (κ1) is 43.9. The highest BCUT2D eigenvalue weighted by atomic mass is 19.4. The summed E-state index contributed by atoms with van der Waals surface area (Å²) in [5, 5.41) is 0. The predicted molar refractivity (Wildman–Crippen MR) is 227 cm³/mol. The number of hydrogen-bond acceptors (Lipinski definition) is 12. The maximum atomic E-state index is 14.8. The van der Waals surface area contributed by atoms with Crippen LogP contribution >= 0.6 is 0 Å². The van der Waals surface area contributed by atoms with Crippen LogP contribution in [0.5, 0.6) is 0 Å². The summed E-state index contributed by atoms with van der Waals surface area (Å²) in [6.45, 7) is -0.997. The van der Waals surface area contributed by atoms with Crippen LogP contribution in [0.4, 0.5) is 23.7 Å². The van der Waals surface area contributed by atoms with Gasteiger partial charge < -0.3 is 33.2 Å². The standard InChI is InChI=1S/C50H38F3NO11/c51-50(52,53)48(54-34-23-11-4-12-24-34)65-47-43(63-46(57)33-21-9-3-10-22-33)42(62-45(56)32-19-7-2-8-20-32)41(64-47)40(61-44(55)31-17-5-1-6-18-31)30-60-49(58)59-29-39-37-27-15-13-25-35(37)36-26-14-16-28-38(36)39/h1-28,39-43,47H,29-30H2/t40-,41+,42+,43-,47?/m1/s1. The van der Waals surface area contributed by atoms with Gasteiger partial charge in [-0.05, 0) is 70.8 Å². The smallest absolute Gasteiger partial charge is 0.452 e. The number of ether oxygens (including phenoxy) is 7. The molecule has 15 heteroatoms. The number of nitrogens with zero attached hydrogens (tertiary/aromatic N) is 1. The van der Waals surface area contributed by atoms with Crippen molar-refractivity contribution in [2.24, 2.45) is 4.99 Å². The van der Waals surface area contributed by atoms with Gasteiger partial charge in [-0.1, -0.05) is 121 Å². The maximum absolute atomic E-state index is 14.8. The average Bonchev–Trinajstić information content (AvgIpc) is 3.83. The lowest BCUT2D eigenvalue weighted by Gasteiger charge is -2.28. The van der Waals surface area contributed by atoms with E-state index < -0.39 is 73.5 Å². The molecule has 0 saturated carbocycles. The molecule has 0 radical (unpaired) electrons. The fraction of sp³-hybridized carbons (Fsp3) is 0.180. The number of para-hydroxylation sites is 1. The Labute approximate surface area is 370 Å². The minimum Gasteiger partial charge on any atom is -0.452 e. The molecule has 1 aliphatic carbocycles. The van der Waals surface area contributed by atoms with E-state index in [0.29, 0.717) is 0 Å². The Morgan fingerprint density at radius 2 is 1.02 bits per heavy atom. The molecule has 1 unspecified atom stereocenters. The lowest BCUT2D eigenvalue weighted by Crippen LogP contribution is -2.47. The second-order valence-corrected chi connectivity index (χ2v) is 14.7. The Morgan fingerprint density at radius 3 is 1.54 bits per heavy atom. The molecule has 1 fully saturated rings. The van der Waals surface area contributed by atoms with Gasteiger partial charge in [0, 0.05) is 5.92 Å². The highest BCUT2D eigenvalue weighted by Crippen LogP contribution is 2.44. The third kappa shape index (κ3) is 10.4. The fourth-order valence-corrected chi connectivity index (χ4v) is 7.48. The Hall–Kier alpha value is -7.78. The Morgan fingerprint density at radius 1 is 0.554 bits per heavy atom. The molecule has 1 heterocycles. The fourth-order valence-electron chi connectivity index (χ4n) is 7.48. The van der Waals surface area contributed by atoms with Gasteiger partial charge in [0.15, 0.2) is 12.2 Å². The largest absolute Gasteiger partial charge is 0.508 e. The molecular formula is C50H38F3NO11. The van der Waals surface area contributed by atoms with E-state index in [1.54, 1.807) is 48.5 Å². The molecule has 8 rings (SSSR count). The summed E-state index contributed by atoms with van der Waals surface area (Å²) in [5.74, 6) is -5.22. The highest BCUT2D eigenvalue weighted by molar-refractivity contribution is 5.91. The van der Waals surface area contributed by atoms with Crippen LogP contribution in [0, 0.1) is 0 Å². The van der Waals surface area contributed by atoms with Crippen LogP contribution in [0.25, 0.3) is 11.1 Å². The number of carbonyl (C=O) groups is 4. The molecule has 0 aromatic heterocycles. The lowest BCUT2D eigenvalue weighted by atomic mass is 9.98. The molecule has 65 heavy (non-hydrogen) atoms. The monoisotopic (exact) mass is 885 g/mol. The number of benzene rings is 6. The lowest BCUT2D eigenvalue weighted by molar-refractivity contribution is -0.164. The SMILES string of the molecule is O=C(OCC1c2ccccc2-c2ccccc21)OC[C@@H](OC(=O)c1ccccc1)[C@@H]1OC(OC(=Nc2ccccc2)C(F)(F)F)[C@H](OC(=O)c2ccccc2)[C@H]1OC(=O)c1ccccc1. The minimum atomic E-state index is -5.24. The summed E-state index contributed by atoms with van der Waals surface area (Å²) < 4.78 is 84.7. The summed E-state index contributed by atoms with van der Waals surface area (Å²) >= 11 is 0. The Balaban J connectivity index is 1.14. The van der Waals surface area contributed by atoms with Crippen molar-refractivity contribution in [3.8, 4) is 11.1 Å². The normalized spacial score (nSPS) is 18.4. The molecule has 330 valence electrons. The van der Waals surface area contributed by atoms with Crippen molar-refractivity contribution >= 4 is 35.6 Å². The molecule has 0 amide bonds. The average molecular weight is 886 g/mol. The van der Waals surface area contributed by atoms with E-state index in [0.717, 1.165) is 22.3 Å². The van der Waals surface area contributed by atoms with Crippen molar-refractivity contribution < 1.29 is 65.5 Å². The van der Waals surface area contributed by atoms with Crippen LogP contribution in [0.2, 0.25) is 0 Å². The van der Waals surface area contributed by atoms with Gasteiger partial charge in [-0.2, -0.15) is 13.2 Å². The van der Waals surface area contributed by atoms with Crippen molar-refractivity contribution in [3.63, 3.8) is 0 Å². The van der Waals surface area contributed by atoms with Gasteiger partial charge >= 0.3 is 30.2 Å². The summed E-state index contributed by atoms with van der Waals surface area (Å²) in [6.07, 6.45) is -16.1. The van der Waals surface area contributed by atoms with Crippen molar-refractivity contribution in [1.29, 1.82) is 0 Å². The van der Waals surface area contributed by atoms with E-state index in [1.807, 2.05) is 48.5 Å². The quantitative estimate of drug-likeness (QED) is 0.0473. The van der Waals surface area contributed by atoms with Crippen molar-refractivity contribution in [2.45, 2.75) is 42.8 Å². The van der Waals surface area contributed by atoms with Crippen LogP contribution in [-0.4, -0.2) is 80.1 Å². The molecular weight excluding hydrogens is 848 g/mol. The molecule has 0 spiro atoms. The van der Waals surface area contributed by atoms with E-state index in [2.05, 4.69) is 4.99 Å². The van der Waals surface area contributed by atoms with Crippen LogP contribution in [0.15, 0.2) is 175 Å². The number of carbonyl (C=O) groups excluding carboxylic acids is 4. The number of alkyl halides is 3. The van der Waals surface area contributed by atoms with Crippen molar-refractivity contribution in [1.82, 2.24) is 0 Å². The molecule has 5 atom stereocenters. The molecule has 2 aliphatic rings. The van der Waals surface area contributed by atoms with Gasteiger partial charge in [0.1, 0.15) is 19.3 Å². The topological polar surface area (TPSA) is 145 Å². The first-order valence-electron chi connectivity index (χ1n) is 20.3. The molecule has 1 saturated heterocycles. The number of esters is 3. The van der Waals surface area contributed by atoms with Gasteiger partial charge in [-0.25, -0.2) is 24.2 Å². The van der Waals surface area contributed by atoms with Crippen LogP contribution in [-0.2, 0) is 33.2 Å². The van der Waals surface area contributed by atoms with Gasteiger partial charge in [0.25, 0.3) is 5.90 Å². The summed E-state index contributed by atoms with van der Waals surface area (Å²) in [4.78, 5) is 58.4. The Bertz CT molecular complexity index is 2600. The van der Waals surface area contributed by atoms with Crippen LogP contribution in [0.1, 0.15) is 48.1 Å². The van der Waals surface area contributed by atoms with Gasteiger partial charge in [0.05, 0.1) is 22.4 Å². The first-order valence-corrected chi connectivity index (χ1v) is 20.3. The number of halogens is 3. The van der Waals surface area contributed by atoms with E-state index in [-0.39, 0.29) is 34.9 Å². The molecule has 0 N–H and O–H groups in total. The van der Waals surface area contributed by atoms with E-state index in [1.165, 1.54) is 72.8 Å². The van der Waals surface area contributed by atoms with Gasteiger partial charge in [-0.15, -0.1) is 0 Å². The van der Waals surface area contributed by atoms with Gasteiger partial charge in [0.2, 0.25) is 12.4 Å². The van der Waals surface area contributed by atoms with Crippen molar-refractivity contribution in [2.75, 3.05) is 13.2 Å². The second-order valence-electron chi connectivity index (χ2n) is 14.7. The predicted octanol–water partition coefficient (Wildman–Crippen LogP) is 9.66. The number of aliphatic imine (C=N–C) groups is 1. The van der Waals surface area contributed by atoms with Crippen LogP contribution in [0.3, 0.4) is 0 Å². The third-order valence-electron chi connectivity index (χ3n) is 10.5. The minimum absolute atomic E-state index is 0.00177. The Kier molecular flexibility index (Phi) is 13.3. The molecule has 12 nitrogen and oxygen atoms in total. The summed E-state index contributed by atoms with van der Waals surface area (Å²) in [7, 11) is 0. The van der Waals surface area contributed by atoms with E-state index in [9.17, 15) is 32.3 Å². The third-order valence-corrected chi connectivity index (χ3v) is 10.5. The van der Waals surface area contributed by atoms with Crippen molar-refractivity contribution in [3.05, 3.63) is 198 Å². The number of hydrogen-bond donors (Lipinski definition) is 0. The molecule has 0 bridgehead atoms. The molecule has 1 aliphatic heterocycles. The maximum Gasteiger partial charge on any atom is 0.508 e. The zero-order valence-corrected chi connectivity index (χ0v) is 34.1. The second kappa shape index (κ2) is 19.7. The first-order chi connectivity index (χ1) is 31.5. The molecule has 6 aromatic carbocycles. The van der Waals surface area contributed by atoms with E-state index in [4.69, 9.17) is 33.2 Å². The zero-order valence-electron chi connectivity index (χ0n) is 34.1. The summed E-state index contributed by atoms with van der Waals surface area (Å²) in [5.41, 5.74) is 3.67. The highest BCUT2D eigenvalue weighted by Gasteiger charge is 2.57.